The first-order valence-corrected chi connectivity index (χ1v) is 13.6. The van der Waals surface area contributed by atoms with Crippen LogP contribution in [0.5, 0.6) is 23.0 Å². The van der Waals surface area contributed by atoms with Gasteiger partial charge in [0, 0.05) is 22.3 Å². The van der Waals surface area contributed by atoms with Gasteiger partial charge in [0.05, 0.1) is 11.4 Å². The van der Waals surface area contributed by atoms with Crippen LogP contribution in [0.3, 0.4) is 0 Å². The highest BCUT2D eigenvalue weighted by molar-refractivity contribution is 6.10. The van der Waals surface area contributed by atoms with Gasteiger partial charge in [-0.1, -0.05) is 97.1 Å². The molecule has 0 aliphatic rings. The summed E-state index contributed by atoms with van der Waals surface area (Å²) < 4.78 is 12.6. The van der Waals surface area contributed by atoms with Gasteiger partial charge in [0.1, 0.15) is 11.5 Å². The third kappa shape index (κ3) is 5.58. The minimum absolute atomic E-state index is 0.211. The summed E-state index contributed by atoms with van der Waals surface area (Å²) in [5.41, 5.74) is 18.1. The Balaban J connectivity index is 1.29. The fourth-order valence-corrected chi connectivity index (χ4v) is 4.76. The Hall–Kier alpha value is -5.81. The molecule has 0 saturated heterocycles. The van der Waals surface area contributed by atoms with Crippen LogP contribution in [0.4, 0.5) is 11.4 Å². The van der Waals surface area contributed by atoms with Crippen LogP contribution in [0.15, 0.2) is 146 Å². The predicted octanol–water partition coefficient (Wildman–Crippen LogP) is 9.00. The second kappa shape index (κ2) is 11.7. The number of hydrogen-bond donors (Lipinski definition) is 2. The molecule has 6 aromatic rings. The number of anilines is 2. The van der Waals surface area contributed by atoms with Gasteiger partial charge >= 0.3 is 0 Å². The van der Waals surface area contributed by atoms with Crippen LogP contribution in [-0.4, -0.2) is 5.78 Å². The molecule has 0 saturated carbocycles. The summed E-state index contributed by atoms with van der Waals surface area (Å²) in [7, 11) is 0. The quantitative estimate of drug-likeness (QED) is 0.146. The molecule has 0 amide bonds. The summed E-state index contributed by atoms with van der Waals surface area (Å²) in [6.07, 6.45) is 0. The van der Waals surface area contributed by atoms with E-state index in [0.29, 0.717) is 45.5 Å². The van der Waals surface area contributed by atoms with E-state index in [1.165, 1.54) is 0 Å². The van der Waals surface area contributed by atoms with Gasteiger partial charge in [0.2, 0.25) is 0 Å². The number of ketones is 1. The molecule has 0 spiro atoms. The summed E-state index contributed by atoms with van der Waals surface area (Å²) in [5, 5.41) is 0. The van der Waals surface area contributed by atoms with E-state index < -0.39 is 0 Å². The van der Waals surface area contributed by atoms with Crippen molar-refractivity contribution in [1.29, 1.82) is 0 Å². The Morgan fingerprint density at radius 3 is 1.24 bits per heavy atom. The molecular weight excluding hydrogens is 520 g/mol. The van der Waals surface area contributed by atoms with Gasteiger partial charge in [0.15, 0.2) is 17.3 Å². The zero-order chi connectivity index (χ0) is 28.9. The van der Waals surface area contributed by atoms with Crippen molar-refractivity contribution in [2.45, 2.75) is 0 Å². The largest absolute Gasteiger partial charge is 0.455 e. The molecule has 0 unspecified atom stereocenters. The topological polar surface area (TPSA) is 87.6 Å². The molecule has 5 heteroatoms. The second-order valence-electron chi connectivity index (χ2n) is 9.76. The van der Waals surface area contributed by atoms with Crippen molar-refractivity contribution in [1.82, 2.24) is 0 Å². The standard InChI is InChI=1S/C37H28N2O3/c38-31-21-19-27(23-35(31)41-33-17-9-7-15-29(33)25-11-3-1-4-12-25)37(40)28-20-22-32(39)36(24-28)42-34-18-10-8-16-30(34)26-13-5-2-6-14-26/h1-24H,38-39H2. The summed E-state index contributed by atoms with van der Waals surface area (Å²) in [6, 6.07) is 45.4. The van der Waals surface area contributed by atoms with Crippen LogP contribution in [0, 0.1) is 0 Å². The SMILES string of the molecule is Nc1ccc(C(=O)c2ccc(N)c(Oc3ccccc3-c3ccccc3)c2)cc1Oc1ccccc1-c1ccccc1. The Bertz CT molecular complexity index is 1730. The van der Waals surface area contributed by atoms with E-state index in [4.69, 9.17) is 20.9 Å². The highest BCUT2D eigenvalue weighted by Gasteiger charge is 2.17. The minimum atomic E-state index is -0.211. The zero-order valence-corrected chi connectivity index (χ0v) is 22.7. The number of hydrogen-bond acceptors (Lipinski definition) is 5. The van der Waals surface area contributed by atoms with Crippen LogP contribution < -0.4 is 20.9 Å². The Morgan fingerprint density at radius 1 is 0.429 bits per heavy atom. The van der Waals surface area contributed by atoms with E-state index in [1.54, 1.807) is 36.4 Å². The maximum Gasteiger partial charge on any atom is 0.193 e. The van der Waals surface area contributed by atoms with E-state index in [-0.39, 0.29) is 5.78 Å². The normalized spacial score (nSPS) is 10.7. The summed E-state index contributed by atoms with van der Waals surface area (Å²) in [4.78, 5) is 13.7. The number of nitrogen functional groups attached to an aromatic ring is 2. The lowest BCUT2D eigenvalue weighted by Crippen LogP contribution is -2.04. The van der Waals surface area contributed by atoms with Gasteiger partial charge in [-0.25, -0.2) is 0 Å². The highest BCUT2D eigenvalue weighted by atomic mass is 16.5. The van der Waals surface area contributed by atoms with Gasteiger partial charge in [-0.05, 0) is 59.7 Å². The number of para-hydroxylation sites is 2. The monoisotopic (exact) mass is 548 g/mol. The number of ether oxygens (including phenoxy) is 2. The van der Waals surface area contributed by atoms with E-state index >= 15 is 0 Å². The number of rotatable bonds is 8. The third-order valence-electron chi connectivity index (χ3n) is 6.94. The van der Waals surface area contributed by atoms with Gasteiger partial charge in [0.25, 0.3) is 0 Å². The summed E-state index contributed by atoms with van der Waals surface area (Å²) in [6.45, 7) is 0. The number of carbonyl (C=O) groups excluding carboxylic acids is 1. The number of nitrogens with two attached hydrogens (primary N) is 2. The molecule has 0 aliphatic carbocycles. The maximum atomic E-state index is 13.7. The molecule has 5 nitrogen and oxygen atoms in total. The van der Waals surface area contributed by atoms with Crippen molar-refractivity contribution in [2.75, 3.05) is 11.5 Å². The first kappa shape index (κ1) is 26.4. The molecule has 0 bridgehead atoms. The van der Waals surface area contributed by atoms with Crippen LogP contribution in [0.1, 0.15) is 15.9 Å². The van der Waals surface area contributed by atoms with Crippen molar-refractivity contribution in [3.63, 3.8) is 0 Å². The lowest BCUT2D eigenvalue weighted by atomic mass is 10.0. The molecule has 0 aliphatic heterocycles. The fourth-order valence-electron chi connectivity index (χ4n) is 4.76. The lowest BCUT2D eigenvalue weighted by molar-refractivity contribution is 0.103. The first-order chi connectivity index (χ1) is 20.6. The predicted molar refractivity (Wildman–Crippen MR) is 169 cm³/mol. The van der Waals surface area contributed by atoms with Crippen molar-refractivity contribution in [3.05, 3.63) is 157 Å². The molecule has 0 aromatic heterocycles. The van der Waals surface area contributed by atoms with Gasteiger partial charge < -0.3 is 20.9 Å². The summed E-state index contributed by atoms with van der Waals surface area (Å²) >= 11 is 0. The van der Waals surface area contributed by atoms with Crippen molar-refractivity contribution in [3.8, 4) is 45.3 Å². The average Bonchev–Trinajstić information content (AvgIpc) is 3.04. The maximum absolute atomic E-state index is 13.7. The minimum Gasteiger partial charge on any atom is -0.455 e. The highest BCUT2D eigenvalue weighted by Crippen LogP contribution is 2.38. The van der Waals surface area contributed by atoms with Crippen molar-refractivity contribution < 1.29 is 14.3 Å². The van der Waals surface area contributed by atoms with Gasteiger partial charge in [-0.2, -0.15) is 0 Å². The molecule has 0 heterocycles. The molecule has 42 heavy (non-hydrogen) atoms. The Morgan fingerprint density at radius 2 is 0.810 bits per heavy atom. The van der Waals surface area contributed by atoms with Crippen LogP contribution in [-0.2, 0) is 0 Å². The lowest BCUT2D eigenvalue weighted by Gasteiger charge is -2.15. The van der Waals surface area contributed by atoms with Crippen LogP contribution in [0.2, 0.25) is 0 Å². The van der Waals surface area contributed by atoms with Crippen LogP contribution in [0.25, 0.3) is 22.3 Å². The Labute approximate surface area is 244 Å². The average molecular weight is 549 g/mol. The van der Waals surface area contributed by atoms with Gasteiger partial charge in [-0.3, -0.25) is 4.79 Å². The van der Waals surface area contributed by atoms with Crippen molar-refractivity contribution in [2.24, 2.45) is 0 Å². The third-order valence-corrected chi connectivity index (χ3v) is 6.94. The van der Waals surface area contributed by atoms with Gasteiger partial charge in [-0.15, -0.1) is 0 Å². The molecule has 0 atom stereocenters. The Kier molecular flexibility index (Phi) is 7.38. The number of carbonyl (C=O) groups is 1. The molecule has 6 aromatic carbocycles. The fraction of sp³-hybridized carbons (Fsp3) is 0. The smallest absolute Gasteiger partial charge is 0.193 e. The summed E-state index contributed by atoms with van der Waals surface area (Å²) in [5.74, 6) is 1.86. The van der Waals surface area contributed by atoms with E-state index in [9.17, 15) is 4.79 Å². The molecular formula is C37H28N2O3. The van der Waals surface area contributed by atoms with E-state index in [1.807, 2.05) is 109 Å². The van der Waals surface area contributed by atoms with Crippen LogP contribution >= 0.6 is 0 Å². The van der Waals surface area contributed by atoms with E-state index in [2.05, 4.69) is 0 Å². The first-order valence-electron chi connectivity index (χ1n) is 13.6. The molecule has 204 valence electrons. The molecule has 0 radical (unpaired) electrons. The van der Waals surface area contributed by atoms with Crippen molar-refractivity contribution >= 4 is 17.2 Å². The second-order valence-corrected chi connectivity index (χ2v) is 9.76. The zero-order valence-electron chi connectivity index (χ0n) is 22.7. The van der Waals surface area contributed by atoms with E-state index in [0.717, 1.165) is 22.3 Å². The number of benzene rings is 6. The molecule has 0 fully saturated rings. The molecule has 6 rings (SSSR count). The molecule has 4 N–H and O–H groups in total.